The van der Waals surface area contributed by atoms with Crippen LogP contribution in [0.5, 0.6) is 0 Å². The third-order valence-corrected chi connectivity index (χ3v) is 4.43. The Kier molecular flexibility index (Phi) is 7.33. The fourth-order valence-corrected chi connectivity index (χ4v) is 2.94. The molecule has 3 aromatic heterocycles. The molecule has 0 saturated heterocycles. The van der Waals surface area contributed by atoms with E-state index in [1.807, 2.05) is 41.1 Å². The Bertz CT molecular complexity index is 1120. The average molecular weight is 520 g/mol. The van der Waals surface area contributed by atoms with Gasteiger partial charge in [-0.25, -0.2) is 9.07 Å². The number of benzene rings is 1. The number of nitrogens with zero attached hydrogens (tertiary/aromatic N) is 6. The van der Waals surface area contributed by atoms with Crippen molar-refractivity contribution in [3.05, 3.63) is 78.3 Å². The molecule has 0 radical (unpaired) electrons. The number of hydrogen-bond donors (Lipinski definition) is 2. The number of aromatic nitrogens is 5. The average Bonchev–Trinajstić information content (AvgIpc) is 3.38. The van der Waals surface area contributed by atoms with Crippen molar-refractivity contribution in [2.75, 3.05) is 13.6 Å². The lowest BCUT2D eigenvalue weighted by molar-refractivity contribution is 0.627. The number of hydrogen-bond acceptors (Lipinski definition) is 4. The Morgan fingerprint density at radius 1 is 1.03 bits per heavy atom. The molecule has 0 atom stereocenters. The van der Waals surface area contributed by atoms with Gasteiger partial charge in [0.1, 0.15) is 5.82 Å². The van der Waals surface area contributed by atoms with Gasteiger partial charge in [-0.3, -0.25) is 9.39 Å². The molecule has 1 aromatic carbocycles. The van der Waals surface area contributed by atoms with Crippen molar-refractivity contribution in [2.45, 2.75) is 13.0 Å². The second-order valence-corrected chi connectivity index (χ2v) is 6.38. The highest BCUT2D eigenvalue weighted by molar-refractivity contribution is 14.0. The minimum atomic E-state index is -0.261. The van der Waals surface area contributed by atoms with E-state index < -0.39 is 0 Å². The molecule has 3 heterocycles. The quantitative estimate of drug-likeness (QED) is 0.232. The van der Waals surface area contributed by atoms with Gasteiger partial charge in [-0.15, -0.1) is 34.2 Å². The molecule has 4 rings (SSSR count). The van der Waals surface area contributed by atoms with Gasteiger partial charge in [0.25, 0.3) is 0 Å². The molecule has 2 N–H and O–H groups in total. The fourth-order valence-electron chi connectivity index (χ4n) is 2.94. The molecule has 0 saturated carbocycles. The van der Waals surface area contributed by atoms with Crippen molar-refractivity contribution >= 4 is 35.6 Å². The summed E-state index contributed by atoms with van der Waals surface area (Å²) in [4.78, 5) is 4.24. The van der Waals surface area contributed by atoms with Gasteiger partial charge >= 0.3 is 0 Å². The largest absolute Gasteiger partial charge is 0.356 e. The van der Waals surface area contributed by atoms with E-state index in [0.717, 1.165) is 29.3 Å². The highest BCUT2D eigenvalue weighted by atomic mass is 127. The van der Waals surface area contributed by atoms with Crippen LogP contribution in [0.15, 0.2) is 65.9 Å². The topological polar surface area (TPSA) is 84.4 Å². The molecule has 0 bridgehead atoms. The Hall–Kier alpha value is -3.02. The van der Waals surface area contributed by atoms with Gasteiger partial charge in [0.15, 0.2) is 17.4 Å². The molecule has 30 heavy (non-hydrogen) atoms. The number of aliphatic imine (C=N–C) groups is 1. The number of guanidine groups is 1. The van der Waals surface area contributed by atoms with Crippen LogP contribution in [0.3, 0.4) is 0 Å². The summed E-state index contributed by atoms with van der Waals surface area (Å²) < 4.78 is 16.7. The van der Waals surface area contributed by atoms with Gasteiger partial charge in [-0.05, 0) is 42.5 Å². The third-order valence-electron chi connectivity index (χ3n) is 4.43. The van der Waals surface area contributed by atoms with Crippen molar-refractivity contribution in [2.24, 2.45) is 4.99 Å². The smallest absolute Gasteiger partial charge is 0.191 e. The van der Waals surface area contributed by atoms with Crippen LogP contribution in [0.1, 0.15) is 11.5 Å². The summed E-state index contributed by atoms with van der Waals surface area (Å²) in [5.74, 6) is 1.22. The van der Waals surface area contributed by atoms with E-state index in [9.17, 15) is 4.39 Å². The van der Waals surface area contributed by atoms with Crippen LogP contribution in [0.4, 0.5) is 4.39 Å². The lowest BCUT2D eigenvalue weighted by Gasteiger charge is -2.10. The monoisotopic (exact) mass is 520 g/mol. The first-order valence-corrected chi connectivity index (χ1v) is 9.26. The number of fused-ring (bicyclic) bond motifs is 1. The SMILES string of the molecule is CN=C(NCCc1ccn(-c2ccc(F)cc2)n1)NCc1nnc2ccccn12.I. The molecule has 0 unspecified atom stereocenters. The maximum Gasteiger partial charge on any atom is 0.191 e. The molecule has 0 aliphatic heterocycles. The van der Waals surface area contributed by atoms with E-state index in [1.54, 1.807) is 23.9 Å². The highest BCUT2D eigenvalue weighted by Gasteiger charge is 2.06. The van der Waals surface area contributed by atoms with Crippen LogP contribution < -0.4 is 10.6 Å². The number of rotatable bonds is 6. The summed E-state index contributed by atoms with van der Waals surface area (Å²) in [6, 6.07) is 14.0. The molecule has 4 aromatic rings. The van der Waals surface area contributed by atoms with Gasteiger partial charge in [0.05, 0.1) is 17.9 Å². The Balaban J connectivity index is 0.00000256. The maximum atomic E-state index is 13.0. The molecule has 156 valence electrons. The summed E-state index contributed by atoms with van der Waals surface area (Å²) in [6.45, 7) is 1.17. The van der Waals surface area contributed by atoms with E-state index >= 15 is 0 Å². The lowest BCUT2D eigenvalue weighted by atomic mass is 10.3. The highest BCUT2D eigenvalue weighted by Crippen LogP contribution is 2.09. The van der Waals surface area contributed by atoms with Crippen molar-refractivity contribution < 1.29 is 4.39 Å². The molecular formula is C20H22FIN8. The van der Waals surface area contributed by atoms with Crippen molar-refractivity contribution in [1.29, 1.82) is 0 Å². The van der Waals surface area contributed by atoms with E-state index in [-0.39, 0.29) is 29.8 Å². The Morgan fingerprint density at radius 2 is 1.87 bits per heavy atom. The molecule has 0 aliphatic carbocycles. The number of halogens is 2. The zero-order chi connectivity index (χ0) is 20.1. The zero-order valence-corrected chi connectivity index (χ0v) is 18.7. The summed E-state index contributed by atoms with van der Waals surface area (Å²) in [5, 5.41) is 19.4. The first kappa shape index (κ1) is 21.7. The second kappa shape index (κ2) is 10.1. The van der Waals surface area contributed by atoms with Crippen LogP contribution in [-0.2, 0) is 13.0 Å². The van der Waals surface area contributed by atoms with Gasteiger partial charge in [0, 0.05) is 32.4 Å². The number of nitrogens with one attached hydrogen (secondary N) is 2. The van der Waals surface area contributed by atoms with Gasteiger partial charge in [-0.2, -0.15) is 5.10 Å². The first-order chi connectivity index (χ1) is 14.2. The van der Waals surface area contributed by atoms with E-state index in [2.05, 4.69) is 30.9 Å². The van der Waals surface area contributed by atoms with Gasteiger partial charge in [0.2, 0.25) is 0 Å². The molecule has 10 heteroatoms. The van der Waals surface area contributed by atoms with Crippen molar-refractivity contribution in [3.8, 4) is 5.69 Å². The minimum Gasteiger partial charge on any atom is -0.356 e. The lowest BCUT2D eigenvalue weighted by Crippen LogP contribution is -2.38. The molecule has 8 nitrogen and oxygen atoms in total. The zero-order valence-electron chi connectivity index (χ0n) is 16.4. The maximum absolute atomic E-state index is 13.0. The van der Waals surface area contributed by atoms with Crippen LogP contribution in [0.25, 0.3) is 11.3 Å². The number of pyridine rings is 1. The fraction of sp³-hybridized carbons (Fsp3) is 0.200. The minimum absolute atomic E-state index is 0. The second-order valence-electron chi connectivity index (χ2n) is 6.38. The predicted octanol–water partition coefficient (Wildman–Crippen LogP) is 2.58. The van der Waals surface area contributed by atoms with Crippen LogP contribution in [-0.4, -0.2) is 43.9 Å². The molecule has 0 amide bonds. The molecular weight excluding hydrogens is 498 g/mol. The molecule has 0 fully saturated rings. The third kappa shape index (κ3) is 5.12. The normalized spacial score (nSPS) is 11.3. The van der Waals surface area contributed by atoms with Gasteiger partial charge < -0.3 is 10.6 Å². The Morgan fingerprint density at radius 3 is 2.67 bits per heavy atom. The van der Waals surface area contributed by atoms with E-state index in [1.165, 1.54) is 12.1 Å². The van der Waals surface area contributed by atoms with E-state index in [0.29, 0.717) is 19.0 Å². The Labute approximate surface area is 190 Å². The summed E-state index contributed by atoms with van der Waals surface area (Å²) in [5.41, 5.74) is 2.56. The summed E-state index contributed by atoms with van der Waals surface area (Å²) >= 11 is 0. The first-order valence-electron chi connectivity index (χ1n) is 9.26. The van der Waals surface area contributed by atoms with Gasteiger partial charge in [-0.1, -0.05) is 6.07 Å². The summed E-state index contributed by atoms with van der Waals surface area (Å²) in [7, 11) is 1.72. The standard InChI is InChI=1S/C20H21FN8.HI/c1-22-20(24-14-19-26-25-18-4-2-3-12-28(18)19)23-11-9-16-10-13-29(27-16)17-7-5-15(21)6-8-17;/h2-8,10,12-13H,9,11,14H2,1H3,(H2,22,23,24);1H. The molecule has 0 aliphatic rings. The van der Waals surface area contributed by atoms with Crippen LogP contribution in [0.2, 0.25) is 0 Å². The molecule has 0 spiro atoms. The summed E-state index contributed by atoms with van der Waals surface area (Å²) in [6.07, 6.45) is 4.52. The van der Waals surface area contributed by atoms with Crippen LogP contribution >= 0.6 is 24.0 Å². The van der Waals surface area contributed by atoms with Crippen molar-refractivity contribution in [1.82, 2.24) is 35.0 Å². The predicted molar refractivity (Wildman–Crippen MR) is 124 cm³/mol. The van der Waals surface area contributed by atoms with Crippen molar-refractivity contribution in [3.63, 3.8) is 0 Å². The van der Waals surface area contributed by atoms with Crippen LogP contribution in [0, 0.1) is 5.82 Å². The van der Waals surface area contributed by atoms with E-state index in [4.69, 9.17) is 0 Å².